The number of hydrogen-bond donors (Lipinski definition) is 2. The van der Waals surface area contributed by atoms with Crippen LogP contribution in [0.15, 0.2) is 12.1 Å². The number of halogens is 2. The van der Waals surface area contributed by atoms with E-state index in [2.05, 4.69) is 17.5 Å². The number of thiocarbonyl (C=S) groups is 1. The molecule has 72 valence electrons. The van der Waals surface area contributed by atoms with Crippen molar-refractivity contribution < 1.29 is 8.78 Å². The SMILES string of the molecule is N#Cc1c(F)cc(NC(N)=S)cc1F. The molecule has 0 aromatic heterocycles. The van der Waals surface area contributed by atoms with Crippen LogP contribution in [0.4, 0.5) is 14.5 Å². The molecule has 0 unspecified atom stereocenters. The summed E-state index contributed by atoms with van der Waals surface area (Å²) in [6, 6.07) is 3.29. The molecule has 0 aliphatic rings. The fraction of sp³-hybridized carbons (Fsp3) is 0. The lowest BCUT2D eigenvalue weighted by atomic mass is 10.2. The summed E-state index contributed by atoms with van der Waals surface area (Å²) in [5, 5.41) is 10.6. The summed E-state index contributed by atoms with van der Waals surface area (Å²) < 4.78 is 26.0. The predicted octanol–water partition coefficient (Wildman–Crippen LogP) is 1.49. The third kappa shape index (κ3) is 2.14. The van der Waals surface area contributed by atoms with Gasteiger partial charge < -0.3 is 11.1 Å². The Hall–Kier alpha value is -1.74. The fourth-order valence-corrected chi connectivity index (χ4v) is 1.01. The zero-order chi connectivity index (χ0) is 10.7. The number of hydrogen-bond acceptors (Lipinski definition) is 2. The normalized spacial score (nSPS) is 9.21. The predicted molar refractivity (Wildman–Crippen MR) is 51.5 cm³/mol. The zero-order valence-electron chi connectivity index (χ0n) is 6.84. The van der Waals surface area contributed by atoms with Gasteiger partial charge in [-0.1, -0.05) is 0 Å². The lowest BCUT2D eigenvalue weighted by Crippen LogP contribution is -2.19. The molecule has 1 rings (SSSR count). The van der Waals surface area contributed by atoms with Crippen molar-refractivity contribution in [3.05, 3.63) is 29.3 Å². The van der Waals surface area contributed by atoms with E-state index in [9.17, 15) is 8.78 Å². The smallest absolute Gasteiger partial charge is 0.168 e. The molecule has 6 heteroatoms. The quantitative estimate of drug-likeness (QED) is 0.694. The standard InChI is InChI=1S/C8H5F2N3S/c9-6-1-4(13-8(12)14)2-7(10)5(6)3-11/h1-2H,(H3,12,13,14). The van der Waals surface area contributed by atoms with Gasteiger partial charge in [-0.05, 0) is 24.4 Å². The summed E-state index contributed by atoms with van der Waals surface area (Å²) in [4.78, 5) is 0. The molecule has 14 heavy (non-hydrogen) atoms. The fourth-order valence-electron chi connectivity index (χ4n) is 0.894. The van der Waals surface area contributed by atoms with Gasteiger partial charge in [0.1, 0.15) is 23.3 Å². The van der Waals surface area contributed by atoms with Crippen molar-refractivity contribution in [2.24, 2.45) is 5.73 Å². The van der Waals surface area contributed by atoms with Gasteiger partial charge in [0.2, 0.25) is 0 Å². The first kappa shape index (κ1) is 10.3. The molecule has 3 N–H and O–H groups in total. The largest absolute Gasteiger partial charge is 0.376 e. The average Bonchev–Trinajstić information content (AvgIpc) is 2.01. The van der Waals surface area contributed by atoms with E-state index >= 15 is 0 Å². The van der Waals surface area contributed by atoms with Crippen LogP contribution in [0.1, 0.15) is 5.56 Å². The Morgan fingerprint density at radius 1 is 1.43 bits per heavy atom. The average molecular weight is 213 g/mol. The minimum atomic E-state index is -0.953. The van der Waals surface area contributed by atoms with Crippen LogP contribution < -0.4 is 11.1 Å². The summed E-state index contributed by atoms with van der Waals surface area (Å²) in [7, 11) is 0. The molecule has 0 bridgehead atoms. The Kier molecular flexibility index (Phi) is 2.94. The van der Waals surface area contributed by atoms with Crippen LogP contribution in [0.25, 0.3) is 0 Å². The van der Waals surface area contributed by atoms with Crippen molar-refractivity contribution >= 4 is 23.0 Å². The minimum Gasteiger partial charge on any atom is -0.376 e. The maximum Gasteiger partial charge on any atom is 0.168 e. The second-order valence-electron chi connectivity index (χ2n) is 2.42. The first-order valence-corrected chi connectivity index (χ1v) is 3.91. The maximum absolute atomic E-state index is 13.0. The monoisotopic (exact) mass is 213 g/mol. The molecule has 0 amide bonds. The second-order valence-corrected chi connectivity index (χ2v) is 2.86. The van der Waals surface area contributed by atoms with Crippen molar-refractivity contribution in [1.82, 2.24) is 0 Å². The lowest BCUT2D eigenvalue weighted by molar-refractivity contribution is 0.578. The van der Waals surface area contributed by atoms with Crippen LogP contribution in [0.5, 0.6) is 0 Å². The van der Waals surface area contributed by atoms with Gasteiger partial charge in [0.25, 0.3) is 0 Å². The Morgan fingerprint density at radius 2 is 1.93 bits per heavy atom. The highest BCUT2D eigenvalue weighted by atomic mass is 32.1. The van der Waals surface area contributed by atoms with Crippen LogP contribution in [-0.2, 0) is 0 Å². The molecule has 0 aliphatic carbocycles. The van der Waals surface area contributed by atoms with E-state index in [0.29, 0.717) is 0 Å². The van der Waals surface area contributed by atoms with E-state index in [4.69, 9.17) is 11.0 Å². The molecule has 0 aliphatic heterocycles. The van der Waals surface area contributed by atoms with Gasteiger partial charge in [-0.2, -0.15) is 5.26 Å². The Bertz CT molecular complexity index is 402. The maximum atomic E-state index is 13.0. The number of nitriles is 1. The third-order valence-corrected chi connectivity index (χ3v) is 1.52. The summed E-state index contributed by atoms with van der Waals surface area (Å²) in [5.41, 5.74) is 4.55. The Balaban J connectivity index is 3.15. The topological polar surface area (TPSA) is 61.8 Å². The number of nitrogens with two attached hydrogens (primary N) is 1. The number of rotatable bonds is 1. The Morgan fingerprint density at radius 3 is 2.29 bits per heavy atom. The molecule has 0 radical (unpaired) electrons. The summed E-state index contributed by atoms with van der Waals surface area (Å²) in [5.74, 6) is -1.91. The van der Waals surface area contributed by atoms with Crippen molar-refractivity contribution in [1.29, 1.82) is 5.26 Å². The first-order valence-electron chi connectivity index (χ1n) is 3.50. The molecule has 0 saturated carbocycles. The lowest BCUT2D eigenvalue weighted by Gasteiger charge is -2.04. The molecule has 0 spiro atoms. The minimum absolute atomic E-state index is 0.0755. The van der Waals surface area contributed by atoms with E-state index < -0.39 is 17.2 Å². The molecule has 0 fully saturated rings. The highest BCUT2D eigenvalue weighted by molar-refractivity contribution is 7.80. The van der Waals surface area contributed by atoms with Gasteiger partial charge in [0, 0.05) is 5.69 Å². The second kappa shape index (κ2) is 3.98. The van der Waals surface area contributed by atoms with Gasteiger partial charge in [0.15, 0.2) is 5.11 Å². The summed E-state index contributed by atoms with van der Waals surface area (Å²) in [6.07, 6.45) is 0. The van der Waals surface area contributed by atoms with Crippen molar-refractivity contribution in [2.45, 2.75) is 0 Å². The molecule has 3 nitrogen and oxygen atoms in total. The van der Waals surface area contributed by atoms with Crippen molar-refractivity contribution in [2.75, 3.05) is 5.32 Å². The van der Waals surface area contributed by atoms with E-state index in [-0.39, 0.29) is 10.8 Å². The van der Waals surface area contributed by atoms with Gasteiger partial charge in [-0.25, -0.2) is 8.78 Å². The first-order chi connectivity index (χ1) is 6.54. The molecular formula is C8H5F2N3S. The van der Waals surface area contributed by atoms with Crippen molar-refractivity contribution in [3.63, 3.8) is 0 Å². The van der Waals surface area contributed by atoms with Gasteiger partial charge in [-0.15, -0.1) is 0 Å². The van der Waals surface area contributed by atoms with Crippen LogP contribution in [0, 0.1) is 23.0 Å². The molecule has 0 atom stereocenters. The number of nitrogens with one attached hydrogen (secondary N) is 1. The van der Waals surface area contributed by atoms with Crippen LogP contribution >= 0.6 is 12.2 Å². The highest BCUT2D eigenvalue weighted by Gasteiger charge is 2.10. The van der Waals surface area contributed by atoms with E-state index in [0.717, 1.165) is 12.1 Å². The number of benzene rings is 1. The molecule has 0 saturated heterocycles. The molecular weight excluding hydrogens is 208 g/mol. The van der Waals surface area contributed by atoms with Crippen LogP contribution in [0.2, 0.25) is 0 Å². The number of anilines is 1. The highest BCUT2D eigenvalue weighted by Crippen LogP contribution is 2.17. The summed E-state index contributed by atoms with van der Waals surface area (Å²) in [6.45, 7) is 0. The van der Waals surface area contributed by atoms with Crippen molar-refractivity contribution in [3.8, 4) is 6.07 Å². The molecule has 1 aromatic rings. The van der Waals surface area contributed by atoms with Crippen LogP contribution in [-0.4, -0.2) is 5.11 Å². The van der Waals surface area contributed by atoms with Gasteiger partial charge in [-0.3, -0.25) is 0 Å². The zero-order valence-corrected chi connectivity index (χ0v) is 7.66. The summed E-state index contributed by atoms with van der Waals surface area (Å²) >= 11 is 4.48. The van der Waals surface area contributed by atoms with E-state index in [1.807, 2.05) is 0 Å². The van der Waals surface area contributed by atoms with Crippen LogP contribution in [0.3, 0.4) is 0 Å². The third-order valence-electron chi connectivity index (χ3n) is 1.42. The van der Waals surface area contributed by atoms with E-state index in [1.54, 1.807) is 0 Å². The van der Waals surface area contributed by atoms with Gasteiger partial charge >= 0.3 is 0 Å². The van der Waals surface area contributed by atoms with Gasteiger partial charge in [0.05, 0.1) is 0 Å². The molecule has 1 aromatic carbocycles. The van der Waals surface area contributed by atoms with E-state index in [1.165, 1.54) is 6.07 Å². The Labute approximate surface area is 84.1 Å². The molecule has 0 heterocycles. The number of nitrogens with zero attached hydrogens (tertiary/aromatic N) is 1.